The maximum atomic E-state index is 12.9. The third-order valence-corrected chi connectivity index (χ3v) is 1.96. The predicted octanol–water partition coefficient (Wildman–Crippen LogP) is 1.13. The highest BCUT2D eigenvalue weighted by molar-refractivity contribution is 5.70. The van der Waals surface area contributed by atoms with Gasteiger partial charge in [-0.25, -0.2) is 4.39 Å². The van der Waals surface area contributed by atoms with E-state index in [9.17, 15) is 19.4 Å². The van der Waals surface area contributed by atoms with Gasteiger partial charge in [0.15, 0.2) is 11.6 Å². The van der Waals surface area contributed by atoms with Gasteiger partial charge in [0.2, 0.25) is 0 Å². The quantitative estimate of drug-likeness (QED) is 0.740. The molecule has 1 aromatic carbocycles. The molecule has 0 radical (unpaired) electrons. The first-order valence-corrected chi connectivity index (χ1v) is 4.28. The van der Waals surface area contributed by atoms with Gasteiger partial charge in [-0.2, -0.15) is 0 Å². The molecule has 0 spiro atoms. The maximum Gasteiger partial charge on any atom is 0.308 e. The van der Waals surface area contributed by atoms with Crippen molar-refractivity contribution in [1.82, 2.24) is 0 Å². The van der Waals surface area contributed by atoms with E-state index in [-0.39, 0.29) is 12.0 Å². The molecule has 1 aromatic rings. The molecule has 0 bridgehead atoms. The lowest BCUT2D eigenvalue weighted by Gasteiger charge is -2.11. The van der Waals surface area contributed by atoms with E-state index >= 15 is 0 Å². The summed E-state index contributed by atoms with van der Waals surface area (Å²) in [5, 5.41) is 18.8. The van der Waals surface area contributed by atoms with E-state index in [1.54, 1.807) is 0 Å². The van der Waals surface area contributed by atoms with Gasteiger partial charge in [-0.1, -0.05) is 12.1 Å². The van der Waals surface area contributed by atoms with Gasteiger partial charge in [-0.05, 0) is 6.07 Å². The molecule has 0 saturated carbocycles. The number of benzene rings is 1. The Bertz CT molecular complexity index is 364. The summed E-state index contributed by atoms with van der Waals surface area (Å²) >= 11 is 0. The first kappa shape index (κ1) is 11.5. The fourth-order valence-electron chi connectivity index (χ4n) is 1.15. The Morgan fingerprint density at radius 2 is 2.27 bits per heavy atom. The van der Waals surface area contributed by atoms with E-state index in [0.29, 0.717) is 0 Å². The van der Waals surface area contributed by atoms with Crippen LogP contribution in [-0.4, -0.2) is 23.3 Å². The number of phenols is 1. The number of halogens is 1. The van der Waals surface area contributed by atoms with Crippen LogP contribution >= 0.6 is 0 Å². The van der Waals surface area contributed by atoms with Gasteiger partial charge in [-0.15, -0.1) is 0 Å². The van der Waals surface area contributed by atoms with Crippen molar-refractivity contribution in [2.75, 3.05) is 7.11 Å². The average Bonchev–Trinajstić information content (AvgIpc) is 2.21. The summed E-state index contributed by atoms with van der Waals surface area (Å²) < 4.78 is 17.2. The number of para-hydroxylation sites is 1. The molecule has 82 valence electrons. The molecule has 5 heteroatoms. The number of aliphatic hydroxyl groups excluding tert-OH is 1. The van der Waals surface area contributed by atoms with Crippen LogP contribution in [0.2, 0.25) is 0 Å². The lowest BCUT2D eigenvalue weighted by Crippen LogP contribution is -2.08. The number of aliphatic hydroxyl groups is 1. The smallest absolute Gasteiger partial charge is 0.308 e. The number of carbonyl (C=O) groups is 1. The first-order valence-electron chi connectivity index (χ1n) is 4.28. The van der Waals surface area contributed by atoms with Crippen LogP contribution in [0.15, 0.2) is 18.2 Å². The highest BCUT2D eigenvalue weighted by Gasteiger charge is 2.18. The van der Waals surface area contributed by atoms with Gasteiger partial charge >= 0.3 is 5.97 Å². The summed E-state index contributed by atoms with van der Waals surface area (Å²) in [7, 11) is 1.18. The molecule has 0 aliphatic rings. The van der Waals surface area contributed by atoms with Crippen LogP contribution < -0.4 is 0 Å². The van der Waals surface area contributed by atoms with Crippen LogP contribution in [0.5, 0.6) is 5.75 Å². The van der Waals surface area contributed by atoms with E-state index in [0.717, 1.165) is 6.07 Å². The van der Waals surface area contributed by atoms with E-state index in [2.05, 4.69) is 4.74 Å². The molecule has 1 atom stereocenters. The van der Waals surface area contributed by atoms with Gasteiger partial charge in [-0.3, -0.25) is 4.79 Å². The minimum atomic E-state index is -1.27. The lowest BCUT2D eigenvalue weighted by molar-refractivity contribution is -0.142. The predicted molar refractivity (Wildman–Crippen MR) is 49.7 cm³/mol. The molecule has 0 saturated heterocycles. The monoisotopic (exact) mass is 214 g/mol. The van der Waals surface area contributed by atoms with Crippen molar-refractivity contribution >= 4 is 5.97 Å². The molecule has 1 rings (SSSR count). The number of phenolic OH excluding ortho intramolecular Hbond substituents is 1. The Kier molecular flexibility index (Phi) is 3.62. The minimum Gasteiger partial charge on any atom is -0.505 e. The zero-order chi connectivity index (χ0) is 11.4. The van der Waals surface area contributed by atoms with E-state index in [1.807, 2.05) is 0 Å². The van der Waals surface area contributed by atoms with Crippen LogP contribution in [0.4, 0.5) is 4.39 Å². The second-order valence-corrected chi connectivity index (χ2v) is 2.97. The van der Waals surface area contributed by atoms with E-state index in [1.165, 1.54) is 19.2 Å². The summed E-state index contributed by atoms with van der Waals surface area (Å²) in [4.78, 5) is 10.8. The molecule has 0 aliphatic heterocycles. The molecule has 2 N–H and O–H groups in total. The highest BCUT2D eigenvalue weighted by atomic mass is 19.1. The number of ether oxygens (including phenoxy) is 1. The summed E-state index contributed by atoms with van der Waals surface area (Å²) in [6, 6.07) is 3.74. The Balaban J connectivity index is 2.86. The molecule has 0 aromatic heterocycles. The zero-order valence-corrected chi connectivity index (χ0v) is 8.11. The largest absolute Gasteiger partial charge is 0.505 e. The molecule has 0 heterocycles. The van der Waals surface area contributed by atoms with Crippen molar-refractivity contribution in [3.63, 3.8) is 0 Å². The second-order valence-electron chi connectivity index (χ2n) is 2.97. The highest BCUT2D eigenvalue weighted by Crippen LogP contribution is 2.28. The molecule has 0 unspecified atom stereocenters. The summed E-state index contributed by atoms with van der Waals surface area (Å²) in [6.45, 7) is 0. The number of hydrogen-bond donors (Lipinski definition) is 2. The van der Waals surface area contributed by atoms with Crippen molar-refractivity contribution in [2.45, 2.75) is 12.5 Å². The van der Waals surface area contributed by atoms with Crippen LogP contribution in [0.25, 0.3) is 0 Å². The van der Waals surface area contributed by atoms with Crippen LogP contribution in [0, 0.1) is 5.82 Å². The Morgan fingerprint density at radius 3 is 2.87 bits per heavy atom. The van der Waals surface area contributed by atoms with Crippen LogP contribution in [-0.2, 0) is 9.53 Å². The van der Waals surface area contributed by atoms with Gasteiger partial charge in [0, 0.05) is 5.56 Å². The zero-order valence-electron chi connectivity index (χ0n) is 8.11. The lowest BCUT2D eigenvalue weighted by atomic mass is 10.1. The third kappa shape index (κ3) is 2.66. The van der Waals surface area contributed by atoms with Crippen molar-refractivity contribution in [2.24, 2.45) is 0 Å². The Morgan fingerprint density at radius 1 is 1.60 bits per heavy atom. The number of hydrogen-bond acceptors (Lipinski definition) is 4. The molecule has 0 aliphatic carbocycles. The fourth-order valence-corrected chi connectivity index (χ4v) is 1.15. The Hall–Kier alpha value is -1.62. The fraction of sp³-hybridized carbons (Fsp3) is 0.300. The molecular weight excluding hydrogens is 203 g/mol. The van der Waals surface area contributed by atoms with Crippen LogP contribution in [0.3, 0.4) is 0 Å². The normalized spacial score (nSPS) is 12.2. The number of aromatic hydroxyl groups is 1. The number of esters is 1. The van der Waals surface area contributed by atoms with Crippen molar-refractivity contribution < 1.29 is 24.1 Å². The SMILES string of the molecule is COC(=O)C[C@@H](O)c1cccc(F)c1O. The standard InChI is InChI=1S/C10H11FO4/c1-15-9(13)5-8(12)6-3-2-4-7(11)10(6)14/h2-4,8,12,14H,5H2,1H3/t8-/m1/s1. The van der Waals surface area contributed by atoms with Crippen molar-refractivity contribution in [1.29, 1.82) is 0 Å². The summed E-state index contributed by atoms with van der Waals surface area (Å²) in [5.41, 5.74) is -0.0274. The molecule has 15 heavy (non-hydrogen) atoms. The Labute approximate surface area is 85.9 Å². The van der Waals surface area contributed by atoms with Crippen molar-refractivity contribution in [3.8, 4) is 5.75 Å². The van der Waals surface area contributed by atoms with Gasteiger partial charge in [0.05, 0.1) is 19.6 Å². The molecule has 0 fully saturated rings. The van der Waals surface area contributed by atoms with Gasteiger partial charge < -0.3 is 14.9 Å². The maximum absolute atomic E-state index is 12.9. The topological polar surface area (TPSA) is 66.8 Å². The molecule has 4 nitrogen and oxygen atoms in total. The first-order chi connectivity index (χ1) is 7.06. The van der Waals surface area contributed by atoms with E-state index < -0.39 is 23.6 Å². The van der Waals surface area contributed by atoms with Crippen LogP contribution in [0.1, 0.15) is 18.1 Å². The van der Waals surface area contributed by atoms with Gasteiger partial charge in [0.25, 0.3) is 0 Å². The average molecular weight is 214 g/mol. The number of methoxy groups -OCH3 is 1. The second kappa shape index (κ2) is 4.75. The molecular formula is C10H11FO4. The molecule has 0 amide bonds. The summed E-state index contributed by atoms with van der Waals surface area (Å²) in [5.74, 6) is -2.11. The van der Waals surface area contributed by atoms with Crippen molar-refractivity contribution in [3.05, 3.63) is 29.6 Å². The summed E-state index contributed by atoms with van der Waals surface area (Å²) in [6.07, 6.45) is -1.60. The number of rotatable bonds is 3. The van der Waals surface area contributed by atoms with E-state index in [4.69, 9.17) is 0 Å². The van der Waals surface area contributed by atoms with Gasteiger partial charge in [0.1, 0.15) is 0 Å². The minimum absolute atomic E-state index is 0.0274. The number of carbonyl (C=O) groups excluding carboxylic acids is 1. The third-order valence-electron chi connectivity index (χ3n) is 1.96.